The molecule has 0 N–H and O–H groups in total. The Morgan fingerprint density at radius 3 is 1.62 bits per heavy atom. The van der Waals surface area contributed by atoms with E-state index in [2.05, 4.69) is 0 Å². The second-order valence-corrected chi connectivity index (χ2v) is 7.71. The van der Waals surface area contributed by atoms with Crippen LogP contribution in [0.3, 0.4) is 0 Å². The normalized spacial score (nSPS) is 11.3. The average molecular weight is 520 g/mol. The van der Waals surface area contributed by atoms with Gasteiger partial charge < -0.3 is 9.47 Å². The molecular formula is C27H15F7O3. The zero-order chi connectivity index (χ0) is 26.7. The largest absolute Gasteiger partial charge is 0.489 e. The molecule has 3 nitrogen and oxygen atoms in total. The van der Waals surface area contributed by atoms with E-state index in [1.54, 1.807) is 12.1 Å². The molecule has 190 valence electrons. The number of hydrogen-bond acceptors (Lipinski definition) is 3. The molecule has 0 aliphatic rings. The molecule has 0 radical (unpaired) electrons. The number of alkyl halides is 3. The van der Waals surface area contributed by atoms with Gasteiger partial charge >= 0.3 is 6.18 Å². The van der Waals surface area contributed by atoms with Gasteiger partial charge in [0.25, 0.3) is 0 Å². The van der Waals surface area contributed by atoms with E-state index in [9.17, 15) is 35.5 Å². The summed E-state index contributed by atoms with van der Waals surface area (Å²) in [6, 6.07) is 20.3. The quantitative estimate of drug-likeness (QED) is 0.141. The zero-order valence-electron chi connectivity index (χ0n) is 18.6. The second-order valence-electron chi connectivity index (χ2n) is 7.71. The van der Waals surface area contributed by atoms with Gasteiger partial charge in [-0.2, -0.15) is 22.0 Å². The summed E-state index contributed by atoms with van der Waals surface area (Å²) >= 11 is 0. The summed E-state index contributed by atoms with van der Waals surface area (Å²) in [7, 11) is 0. The maximum absolute atomic E-state index is 14.1. The molecule has 37 heavy (non-hydrogen) atoms. The maximum atomic E-state index is 14.1. The van der Waals surface area contributed by atoms with E-state index in [0.29, 0.717) is 17.9 Å². The molecule has 0 saturated carbocycles. The Bertz CT molecular complexity index is 1390. The third kappa shape index (κ3) is 5.58. The second kappa shape index (κ2) is 10.3. The Labute approximate surface area is 205 Å². The van der Waals surface area contributed by atoms with Crippen LogP contribution in [-0.4, -0.2) is 5.78 Å². The van der Waals surface area contributed by atoms with E-state index < -0.39 is 46.5 Å². The molecule has 0 saturated heterocycles. The highest BCUT2D eigenvalue weighted by atomic mass is 19.4. The molecule has 0 heterocycles. The Kier molecular flexibility index (Phi) is 7.19. The van der Waals surface area contributed by atoms with Gasteiger partial charge in [0.2, 0.25) is 17.4 Å². The molecule has 0 bridgehead atoms. The highest BCUT2D eigenvalue weighted by Crippen LogP contribution is 2.40. The van der Waals surface area contributed by atoms with Crippen LogP contribution in [0.25, 0.3) is 0 Å². The minimum absolute atomic E-state index is 0.135. The minimum atomic E-state index is -5.66. The summed E-state index contributed by atoms with van der Waals surface area (Å²) in [6.07, 6.45) is -5.66. The molecule has 0 aromatic heterocycles. The van der Waals surface area contributed by atoms with Gasteiger partial charge in [0.05, 0.1) is 0 Å². The third-order valence-electron chi connectivity index (χ3n) is 5.21. The SMILES string of the molecule is O=C(c1ccc(OCc2ccccc2)cc1)c1ccc(Oc2c(F)c(F)c(C(F)(F)F)c(F)c2F)cc1. The van der Waals surface area contributed by atoms with Crippen LogP contribution in [0.4, 0.5) is 30.7 Å². The van der Waals surface area contributed by atoms with Crippen LogP contribution in [0, 0.1) is 23.3 Å². The molecule has 0 fully saturated rings. The van der Waals surface area contributed by atoms with E-state index in [1.165, 1.54) is 24.3 Å². The Balaban J connectivity index is 1.47. The number of ether oxygens (including phenoxy) is 2. The van der Waals surface area contributed by atoms with Gasteiger partial charge in [-0.3, -0.25) is 4.79 Å². The minimum Gasteiger partial charge on any atom is -0.489 e. The van der Waals surface area contributed by atoms with Crippen LogP contribution in [0.5, 0.6) is 17.2 Å². The first-order valence-corrected chi connectivity index (χ1v) is 10.6. The van der Waals surface area contributed by atoms with Crippen molar-refractivity contribution in [2.24, 2.45) is 0 Å². The Morgan fingerprint density at radius 1 is 0.649 bits per heavy atom. The first-order chi connectivity index (χ1) is 17.6. The molecule has 4 aromatic rings. The van der Waals surface area contributed by atoms with Crippen LogP contribution >= 0.6 is 0 Å². The van der Waals surface area contributed by atoms with Crippen LogP contribution in [0.1, 0.15) is 27.0 Å². The Morgan fingerprint density at radius 2 is 1.14 bits per heavy atom. The topological polar surface area (TPSA) is 35.5 Å². The molecule has 0 unspecified atom stereocenters. The van der Waals surface area contributed by atoms with E-state index in [4.69, 9.17) is 9.47 Å². The number of hydrogen-bond donors (Lipinski definition) is 0. The molecule has 10 heteroatoms. The van der Waals surface area contributed by atoms with Crippen molar-refractivity contribution in [3.8, 4) is 17.2 Å². The van der Waals surface area contributed by atoms with Crippen molar-refractivity contribution in [3.05, 3.63) is 124 Å². The molecule has 0 aliphatic heterocycles. The molecule has 0 spiro atoms. The van der Waals surface area contributed by atoms with Gasteiger partial charge in [-0.1, -0.05) is 30.3 Å². The summed E-state index contributed by atoms with van der Waals surface area (Å²) in [5, 5.41) is 0. The fourth-order valence-corrected chi connectivity index (χ4v) is 3.35. The van der Waals surface area contributed by atoms with Crippen LogP contribution in [0.2, 0.25) is 0 Å². The highest BCUT2D eigenvalue weighted by Gasteiger charge is 2.43. The molecular weight excluding hydrogens is 505 g/mol. The predicted octanol–water partition coefficient (Wildman–Crippen LogP) is 7.86. The molecule has 0 aliphatic carbocycles. The van der Waals surface area contributed by atoms with Crippen molar-refractivity contribution in [2.75, 3.05) is 0 Å². The maximum Gasteiger partial charge on any atom is 0.422 e. The van der Waals surface area contributed by atoms with Crippen molar-refractivity contribution in [3.63, 3.8) is 0 Å². The van der Waals surface area contributed by atoms with Crippen LogP contribution in [0.15, 0.2) is 78.9 Å². The average Bonchev–Trinajstić information content (AvgIpc) is 2.89. The lowest BCUT2D eigenvalue weighted by atomic mass is 10.0. The number of rotatable bonds is 7. The first kappa shape index (κ1) is 25.7. The summed E-state index contributed by atoms with van der Waals surface area (Å²) in [5.41, 5.74) is -1.31. The van der Waals surface area contributed by atoms with Crippen molar-refractivity contribution in [1.82, 2.24) is 0 Å². The smallest absolute Gasteiger partial charge is 0.422 e. The van der Waals surface area contributed by atoms with Crippen molar-refractivity contribution < 1.29 is 45.0 Å². The Hall–Kier alpha value is -4.34. The van der Waals surface area contributed by atoms with Crippen LogP contribution in [-0.2, 0) is 12.8 Å². The molecule has 4 aromatic carbocycles. The van der Waals surface area contributed by atoms with Crippen molar-refractivity contribution in [1.29, 1.82) is 0 Å². The third-order valence-corrected chi connectivity index (χ3v) is 5.21. The monoisotopic (exact) mass is 520 g/mol. The van der Waals surface area contributed by atoms with Gasteiger partial charge in [-0.15, -0.1) is 0 Å². The van der Waals surface area contributed by atoms with Gasteiger partial charge in [-0.25, -0.2) is 8.78 Å². The van der Waals surface area contributed by atoms with E-state index in [1.807, 2.05) is 30.3 Å². The zero-order valence-corrected chi connectivity index (χ0v) is 18.6. The van der Waals surface area contributed by atoms with Gasteiger partial charge in [0, 0.05) is 11.1 Å². The summed E-state index contributed by atoms with van der Waals surface area (Å²) < 4.78 is 104. The lowest BCUT2D eigenvalue weighted by Gasteiger charge is -2.14. The van der Waals surface area contributed by atoms with Gasteiger partial charge in [0.15, 0.2) is 17.4 Å². The van der Waals surface area contributed by atoms with Gasteiger partial charge in [-0.05, 0) is 54.1 Å². The number of benzene rings is 4. The fraction of sp³-hybridized carbons (Fsp3) is 0.0741. The molecule has 0 atom stereocenters. The van der Waals surface area contributed by atoms with Crippen molar-refractivity contribution in [2.45, 2.75) is 12.8 Å². The first-order valence-electron chi connectivity index (χ1n) is 10.6. The number of carbonyl (C=O) groups is 1. The lowest BCUT2D eigenvalue weighted by molar-refractivity contribution is -0.143. The summed E-state index contributed by atoms with van der Waals surface area (Å²) in [6.45, 7) is 0.337. The van der Waals surface area contributed by atoms with E-state index >= 15 is 0 Å². The lowest BCUT2D eigenvalue weighted by Crippen LogP contribution is -2.15. The standard InChI is InChI=1S/C27H15F7O3/c28-21-20(27(32,33)34)22(29)24(31)26(23(21)30)37-19-12-8-17(9-13-19)25(35)16-6-10-18(11-7-16)36-14-15-4-2-1-3-5-15/h1-13H,14H2. The van der Waals surface area contributed by atoms with Gasteiger partial charge in [0.1, 0.15) is 23.7 Å². The molecule has 4 rings (SSSR count). The molecule has 0 amide bonds. The predicted molar refractivity (Wildman–Crippen MR) is 118 cm³/mol. The summed E-state index contributed by atoms with van der Waals surface area (Å²) in [5.74, 6) is -11.9. The number of halogens is 7. The highest BCUT2D eigenvalue weighted by molar-refractivity contribution is 6.09. The van der Waals surface area contributed by atoms with E-state index in [0.717, 1.165) is 17.7 Å². The van der Waals surface area contributed by atoms with Crippen LogP contribution < -0.4 is 9.47 Å². The number of ketones is 1. The van der Waals surface area contributed by atoms with E-state index in [-0.39, 0.29) is 11.3 Å². The van der Waals surface area contributed by atoms with Crippen molar-refractivity contribution >= 4 is 5.78 Å². The fourth-order valence-electron chi connectivity index (χ4n) is 3.35. The summed E-state index contributed by atoms with van der Waals surface area (Å²) in [4.78, 5) is 12.7. The number of carbonyl (C=O) groups excluding carboxylic acids is 1.